The van der Waals surface area contributed by atoms with E-state index in [2.05, 4.69) is 6.58 Å². The number of carbonyl (C=O) groups is 1. The molecule has 1 unspecified atom stereocenters. The molecule has 21 heavy (non-hydrogen) atoms. The van der Waals surface area contributed by atoms with Crippen LogP contribution in [0, 0.1) is 5.92 Å². The number of halogens is 3. The predicted octanol–water partition coefficient (Wildman–Crippen LogP) is 3.67. The number of alkyl halides is 3. The Morgan fingerprint density at radius 2 is 2.00 bits per heavy atom. The third-order valence-electron chi connectivity index (χ3n) is 3.81. The Balaban J connectivity index is 1.97. The second-order valence-electron chi connectivity index (χ2n) is 5.34. The van der Waals surface area contributed by atoms with Crippen molar-refractivity contribution in [1.82, 2.24) is 4.90 Å². The topological polar surface area (TPSA) is 20.3 Å². The van der Waals surface area contributed by atoms with E-state index in [-0.39, 0.29) is 25.3 Å². The Bertz CT molecular complexity index is 507. The monoisotopic (exact) mass is 297 g/mol. The van der Waals surface area contributed by atoms with Crippen LogP contribution in [0.2, 0.25) is 0 Å². The van der Waals surface area contributed by atoms with E-state index >= 15 is 0 Å². The van der Waals surface area contributed by atoms with E-state index in [0.717, 1.165) is 11.1 Å². The van der Waals surface area contributed by atoms with Crippen LogP contribution in [0.5, 0.6) is 0 Å². The van der Waals surface area contributed by atoms with Gasteiger partial charge in [-0.05, 0) is 24.0 Å². The van der Waals surface area contributed by atoms with Gasteiger partial charge in [0, 0.05) is 13.1 Å². The lowest BCUT2D eigenvalue weighted by Crippen LogP contribution is -2.45. The minimum atomic E-state index is -4.22. The highest BCUT2D eigenvalue weighted by molar-refractivity contribution is 5.79. The molecule has 0 aromatic heterocycles. The first-order valence-corrected chi connectivity index (χ1v) is 6.96. The van der Waals surface area contributed by atoms with Gasteiger partial charge in [-0.25, -0.2) is 0 Å². The van der Waals surface area contributed by atoms with E-state index in [0.29, 0.717) is 13.0 Å². The van der Waals surface area contributed by atoms with Crippen molar-refractivity contribution in [2.45, 2.75) is 25.4 Å². The van der Waals surface area contributed by atoms with Crippen molar-refractivity contribution >= 4 is 12.0 Å². The molecule has 1 aromatic carbocycles. The summed E-state index contributed by atoms with van der Waals surface area (Å²) < 4.78 is 38.2. The maximum absolute atomic E-state index is 12.7. The molecule has 0 spiro atoms. The molecule has 5 heteroatoms. The number of piperidine rings is 1. The van der Waals surface area contributed by atoms with E-state index in [1.807, 2.05) is 12.1 Å². The molecule has 1 aliphatic rings. The first-order valence-electron chi connectivity index (χ1n) is 6.96. The summed E-state index contributed by atoms with van der Waals surface area (Å²) in [7, 11) is 0. The van der Waals surface area contributed by atoms with E-state index in [1.54, 1.807) is 18.2 Å². The Morgan fingerprint density at radius 1 is 1.33 bits per heavy atom. The van der Waals surface area contributed by atoms with Crippen LogP contribution in [0.4, 0.5) is 13.2 Å². The molecule has 1 saturated heterocycles. The number of carbonyl (C=O) groups excluding carboxylic acids is 1. The van der Waals surface area contributed by atoms with Crippen LogP contribution in [-0.2, 0) is 11.2 Å². The molecule has 114 valence electrons. The third-order valence-corrected chi connectivity index (χ3v) is 3.81. The first-order chi connectivity index (χ1) is 9.90. The fourth-order valence-corrected chi connectivity index (χ4v) is 2.53. The Morgan fingerprint density at radius 3 is 2.57 bits per heavy atom. The molecule has 1 heterocycles. The summed E-state index contributed by atoms with van der Waals surface area (Å²) in [5, 5.41) is 0. The molecule has 2 nitrogen and oxygen atoms in total. The van der Waals surface area contributed by atoms with Gasteiger partial charge in [0.05, 0.1) is 12.3 Å². The maximum Gasteiger partial charge on any atom is 0.393 e. The van der Waals surface area contributed by atoms with Crippen molar-refractivity contribution < 1.29 is 18.0 Å². The number of benzene rings is 1. The lowest BCUT2D eigenvalue weighted by molar-refractivity contribution is -0.187. The summed E-state index contributed by atoms with van der Waals surface area (Å²) in [5.41, 5.74) is 1.75. The minimum absolute atomic E-state index is 0.112. The lowest BCUT2D eigenvalue weighted by atomic mass is 9.97. The SMILES string of the molecule is C=Cc1ccc(CC(=O)N2CCCC(C(F)(F)F)C2)cc1. The lowest BCUT2D eigenvalue weighted by Gasteiger charge is -2.33. The number of likely N-dealkylation sites (tertiary alicyclic amines) is 1. The number of hydrogen-bond acceptors (Lipinski definition) is 1. The van der Waals surface area contributed by atoms with Gasteiger partial charge in [0.25, 0.3) is 0 Å². The molecule has 0 bridgehead atoms. The molecule has 0 N–H and O–H groups in total. The summed E-state index contributed by atoms with van der Waals surface area (Å²) in [6.07, 6.45) is -1.86. The van der Waals surface area contributed by atoms with Crippen LogP contribution in [0.3, 0.4) is 0 Å². The quantitative estimate of drug-likeness (QED) is 0.833. The van der Waals surface area contributed by atoms with E-state index in [4.69, 9.17) is 0 Å². The van der Waals surface area contributed by atoms with Crippen LogP contribution in [0.25, 0.3) is 6.08 Å². The summed E-state index contributed by atoms with van der Waals surface area (Å²) in [6.45, 7) is 3.84. The van der Waals surface area contributed by atoms with Crippen LogP contribution in [0.1, 0.15) is 24.0 Å². The maximum atomic E-state index is 12.7. The van der Waals surface area contributed by atoms with Gasteiger partial charge in [0.15, 0.2) is 0 Å². The van der Waals surface area contributed by atoms with Crippen molar-refractivity contribution in [3.63, 3.8) is 0 Å². The molecule has 0 aliphatic carbocycles. The normalized spacial score (nSPS) is 19.4. The van der Waals surface area contributed by atoms with Gasteiger partial charge in [-0.1, -0.05) is 36.9 Å². The summed E-state index contributed by atoms with van der Waals surface area (Å²) in [4.78, 5) is 13.5. The van der Waals surface area contributed by atoms with Crippen LogP contribution in [-0.4, -0.2) is 30.1 Å². The van der Waals surface area contributed by atoms with Gasteiger partial charge in [-0.15, -0.1) is 0 Å². The van der Waals surface area contributed by atoms with Gasteiger partial charge in [0.2, 0.25) is 5.91 Å². The molecule has 0 radical (unpaired) electrons. The van der Waals surface area contributed by atoms with Crippen LogP contribution < -0.4 is 0 Å². The molecule has 1 atom stereocenters. The Kier molecular flexibility index (Phi) is 4.70. The van der Waals surface area contributed by atoms with E-state index in [1.165, 1.54) is 4.90 Å². The highest BCUT2D eigenvalue weighted by Crippen LogP contribution is 2.33. The second-order valence-corrected chi connectivity index (χ2v) is 5.34. The van der Waals surface area contributed by atoms with Gasteiger partial charge in [-0.3, -0.25) is 4.79 Å². The smallest absolute Gasteiger partial charge is 0.342 e. The second kappa shape index (κ2) is 6.33. The molecule has 1 fully saturated rings. The van der Waals surface area contributed by atoms with Crippen LogP contribution in [0.15, 0.2) is 30.8 Å². The van der Waals surface area contributed by atoms with Crippen molar-refractivity contribution in [3.05, 3.63) is 42.0 Å². The largest absolute Gasteiger partial charge is 0.393 e. The average Bonchev–Trinajstić information content (AvgIpc) is 2.47. The zero-order valence-electron chi connectivity index (χ0n) is 11.7. The molecular formula is C16H18F3NO. The fraction of sp³-hybridized carbons (Fsp3) is 0.438. The van der Waals surface area contributed by atoms with E-state index in [9.17, 15) is 18.0 Å². The summed E-state index contributed by atoms with van der Waals surface area (Å²) in [6, 6.07) is 7.29. The molecule has 1 aliphatic heterocycles. The fourth-order valence-electron chi connectivity index (χ4n) is 2.53. The van der Waals surface area contributed by atoms with Gasteiger partial charge in [0.1, 0.15) is 0 Å². The van der Waals surface area contributed by atoms with Gasteiger partial charge in [-0.2, -0.15) is 13.2 Å². The standard InChI is InChI=1S/C16H18F3NO/c1-2-12-5-7-13(8-6-12)10-15(21)20-9-3-4-14(11-20)16(17,18)19/h2,5-8,14H,1,3-4,9-11H2. The number of nitrogens with zero attached hydrogens (tertiary/aromatic N) is 1. The van der Waals surface area contributed by atoms with Crippen molar-refractivity contribution in [2.24, 2.45) is 5.92 Å². The first kappa shape index (κ1) is 15.6. The van der Waals surface area contributed by atoms with Gasteiger partial charge < -0.3 is 4.90 Å². The molecule has 1 amide bonds. The third kappa shape index (κ3) is 4.09. The van der Waals surface area contributed by atoms with Crippen molar-refractivity contribution in [1.29, 1.82) is 0 Å². The number of hydrogen-bond donors (Lipinski definition) is 0. The molecule has 2 rings (SSSR count). The molecule has 0 saturated carbocycles. The summed E-state index contributed by atoms with van der Waals surface area (Å²) in [5.74, 6) is -1.63. The molecule has 1 aromatic rings. The van der Waals surface area contributed by atoms with Gasteiger partial charge >= 0.3 is 6.18 Å². The molecular weight excluding hydrogens is 279 g/mol. The zero-order valence-corrected chi connectivity index (χ0v) is 11.7. The number of amides is 1. The van der Waals surface area contributed by atoms with Crippen molar-refractivity contribution in [3.8, 4) is 0 Å². The predicted molar refractivity (Wildman–Crippen MR) is 75.6 cm³/mol. The van der Waals surface area contributed by atoms with E-state index < -0.39 is 12.1 Å². The minimum Gasteiger partial charge on any atom is -0.342 e. The zero-order chi connectivity index (χ0) is 15.5. The highest BCUT2D eigenvalue weighted by atomic mass is 19.4. The average molecular weight is 297 g/mol. The van der Waals surface area contributed by atoms with Crippen molar-refractivity contribution in [2.75, 3.05) is 13.1 Å². The highest BCUT2D eigenvalue weighted by Gasteiger charge is 2.42. The Hall–Kier alpha value is -1.78. The number of rotatable bonds is 3. The van der Waals surface area contributed by atoms with Crippen LogP contribution >= 0.6 is 0 Å². The Labute approximate surface area is 122 Å². The summed E-state index contributed by atoms with van der Waals surface area (Å²) >= 11 is 0.